The number of pyridine rings is 1. The Kier molecular flexibility index (Phi) is 2.32. The molecule has 0 spiro atoms. The summed E-state index contributed by atoms with van der Waals surface area (Å²) >= 11 is 0. The molecule has 70 valence electrons. The third-order valence-electron chi connectivity index (χ3n) is 2.98. The molecule has 0 radical (unpaired) electrons. The van der Waals surface area contributed by atoms with Crippen LogP contribution in [0.4, 0.5) is 0 Å². The first-order valence-corrected chi connectivity index (χ1v) is 4.94. The van der Waals surface area contributed by atoms with Gasteiger partial charge in [-0.25, -0.2) is 0 Å². The van der Waals surface area contributed by atoms with Crippen LogP contribution in [0.25, 0.3) is 0 Å². The lowest BCUT2D eigenvalue weighted by molar-refractivity contribution is 0.510. The molecule has 2 N–H and O–H groups in total. The smallest absolute Gasteiger partial charge is 0.0270 e. The molecule has 1 fully saturated rings. The van der Waals surface area contributed by atoms with Crippen molar-refractivity contribution in [2.45, 2.75) is 31.7 Å². The van der Waals surface area contributed by atoms with Gasteiger partial charge in [0, 0.05) is 18.4 Å². The van der Waals surface area contributed by atoms with Crippen LogP contribution in [0.1, 0.15) is 31.2 Å². The van der Waals surface area contributed by atoms with Crippen LogP contribution in [0.2, 0.25) is 0 Å². The Morgan fingerprint density at radius 3 is 2.54 bits per heavy atom. The van der Waals surface area contributed by atoms with E-state index in [0.29, 0.717) is 12.0 Å². The Morgan fingerprint density at radius 2 is 2.00 bits per heavy atom. The van der Waals surface area contributed by atoms with E-state index in [9.17, 15) is 0 Å². The number of rotatable bonds is 3. The van der Waals surface area contributed by atoms with Crippen molar-refractivity contribution in [1.82, 2.24) is 4.98 Å². The molecule has 2 atom stereocenters. The summed E-state index contributed by atoms with van der Waals surface area (Å²) in [6, 6.07) is 4.46. The predicted octanol–water partition coefficient (Wildman–Crippen LogP) is 1.92. The highest BCUT2D eigenvalue weighted by Gasteiger charge is 2.32. The molecule has 1 aromatic heterocycles. The Bertz CT molecular complexity index is 267. The van der Waals surface area contributed by atoms with Crippen molar-refractivity contribution in [3.8, 4) is 0 Å². The van der Waals surface area contributed by atoms with E-state index in [0.717, 1.165) is 5.92 Å². The number of nitrogens with zero attached hydrogens (tertiary/aromatic N) is 1. The van der Waals surface area contributed by atoms with E-state index >= 15 is 0 Å². The first-order chi connectivity index (χ1) is 6.29. The van der Waals surface area contributed by atoms with Crippen LogP contribution in [0, 0.1) is 5.92 Å². The molecule has 2 nitrogen and oxygen atoms in total. The maximum absolute atomic E-state index is 6.13. The Morgan fingerprint density at radius 1 is 1.38 bits per heavy atom. The number of nitrogens with two attached hydrogens (primary N) is 1. The number of aromatic nitrogens is 1. The number of hydrogen-bond acceptors (Lipinski definition) is 2. The average Bonchev–Trinajstić information content (AvgIpc) is 3.00. The monoisotopic (exact) mass is 176 g/mol. The fourth-order valence-electron chi connectivity index (χ4n) is 1.78. The van der Waals surface area contributed by atoms with Gasteiger partial charge in [0.2, 0.25) is 0 Å². The molecule has 2 heteroatoms. The molecular formula is C11H16N2. The van der Waals surface area contributed by atoms with Crippen LogP contribution in [0.15, 0.2) is 24.5 Å². The zero-order valence-corrected chi connectivity index (χ0v) is 7.98. The van der Waals surface area contributed by atoms with Crippen LogP contribution >= 0.6 is 0 Å². The highest BCUT2D eigenvalue weighted by Crippen LogP contribution is 2.37. The van der Waals surface area contributed by atoms with Gasteiger partial charge in [-0.2, -0.15) is 0 Å². The molecule has 2 rings (SSSR count). The van der Waals surface area contributed by atoms with E-state index in [4.69, 9.17) is 5.73 Å². The summed E-state index contributed by atoms with van der Waals surface area (Å²) in [6.07, 6.45) is 6.31. The van der Waals surface area contributed by atoms with Crippen molar-refractivity contribution in [2.24, 2.45) is 11.7 Å². The summed E-state index contributed by atoms with van der Waals surface area (Å²) < 4.78 is 0. The average molecular weight is 176 g/mol. The third kappa shape index (κ3) is 1.89. The van der Waals surface area contributed by atoms with Gasteiger partial charge in [-0.05, 0) is 42.4 Å². The van der Waals surface area contributed by atoms with Crippen molar-refractivity contribution in [1.29, 1.82) is 0 Å². The lowest BCUT2D eigenvalue weighted by atomic mass is 9.92. The molecule has 1 aliphatic rings. The Balaban J connectivity index is 2.07. The first-order valence-electron chi connectivity index (χ1n) is 4.94. The van der Waals surface area contributed by atoms with Gasteiger partial charge in [0.15, 0.2) is 0 Å². The van der Waals surface area contributed by atoms with E-state index in [1.165, 1.54) is 18.4 Å². The van der Waals surface area contributed by atoms with E-state index in [1.807, 2.05) is 12.4 Å². The zero-order chi connectivity index (χ0) is 9.26. The molecule has 0 aliphatic heterocycles. The van der Waals surface area contributed by atoms with Crippen LogP contribution < -0.4 is 5.73 Å². The molecule has 2 unspecified atom stereocenters. The van der Waals surface area contributed by atoms with Gasteiger partial charge in [0.1, 0.15) is 0 Å². The predicted molar refractivity (Wildman–Crippen MR) is 53.4 cm³/mol. The molecule has 1 heterocycles. The maximum Gasteiger partial charge on any atom is 0.0270 e. The Labute approximate surface area is 79.2 Å². The van der Waals surface area contributed by atoms with Crippen LogP contribution in [-0.4, -0.2) is 11.0 Å². The van der Waals surface area contributed by atoms with Gasteiger partial charge >= 0.3 is 0 Å². The summed E-state index contributed by atoms with van der Waals surface area (Å²) in [4.78, 5) is 4.01. The minimum Gasteiger partial charge on any atom is -0.327 e. The van der Waals surface area contributed by atoms with Gasteiger partial charge in [-0.15, -0.1) is 0 Å². The van der Waals surface area contributed by atoms with Crippen LogP contribution in [-0.2, 0) is 0 Å². The molecule has 0 aromatic carbocycles. The molecule has 1 aliphatic carbocycles. The lowest BCUT2D eigenvalue weighted by Crippen LogP contribution is -2.28. The van der Waals surface area contributed by atoms with E-state index in [1.54, 1.807) is 0 Å². The molecule has 1 aromatic rings. The standard InChI is InChI=1S/C11H16N2/c1-8(11(12)10-2-3-10)9-4-6-13-7-5-9/h4-8,10-11H,2-3,12H2,1H3. The van der Waals surface area contributed by atoms with Crippen molar-refractivity contribution in [2.75, 3.05) is 0 Å². The summed E-state index contributed by atoms with van der Waals surface area (Å²) in [6.45, 7) is 2.21. The fourth-order valence-corrected chi connectivity index (χ4v) is 1.78. The third-order valence-corrected chi connectivity index (χ3v) is 2.98. The highest BCUT2D eigenvalue weighted by molar-refractivity contribution is 5.18. The van der Waals surface area contributed by atoms with E-state index in [2.05, 4.69) is 24.0 Å². The summed E-state index contributed by atoms with van der Waals surface area (Å²) in [5, 5.41) is 0. The molecule has 1 saturated carbocycles. The maximum atomic E-state index is 6.13. The summed E-state index contributed by atoms with van der Waals surface area (Å²) in [5.41, 5.74) is 7.45. The van der Waals surface area contributed by atoms with Gasteiger partial charge < -0.3 is 5.73 Å². The van der Waals surface area contributed by atoms with E-state index < -0.39 is 0 Å². The van der Waals surface area contributed by atoms with Gasteiger partial charge in [0.05, 0.1) is 0 Å². The quantitative estimate of drug-likeness (QED) is 0.764. The van der Waals surface area contributed by atoms with Gasteiger partial charge in [-0.3, -0.25) is 4.98 Å². The van der Waals surface area contributed by atoms with E-state index in [-0.39, 0.29) is 0 Å². The lowest BCUT2D eigenvalue weighted by Gasteiger charge is -2.19. The van der Waals surface area contributed by atoms with Gasteiger partial charge in [-0.1, -0.05) is 6.92 Å². The first kappa shape index (κ1) is 8.70. The van der Waals surface area contributed by atoms with Crippen molar-refractivity contribution in [3.05, 3.63) is 30.1 Å². The normalized spacial score (nSPS) is 21.1. The van der Waals surface area contributed by atoms with Crippen molar-refractivity contribution >= 4 is 0 Å². The largest absolute Gasteiger partial charge is 0.327 e. The minimum absolute atomic E-state index is 0.336. The highest BCUT2D eigenvalue weighted by atomic mass is 14.7. The molecule has 0 bridgehead atoms. The fraction of sp³-hybridized carbons (Fsp3) is 0.545. The zero-order valence-electron chi connectivity index (χ0n) is 7.98. The SMILES string of the molecule is CC(c1ccncc1)C(N)C1CC1. The summed E-state index contributed by atoms with van der Waals surface area (Å²) in [5.74, 6) is 1.23. The van der Waals surface area contributed by atoms with Gasteiger partial charge in [0.25, 0.3) is 0 Å². The minimum atomic E-state index is 0.336. The molecular weight excluding hydrogens is 160 g/mol. The number of hydrogen-bond donors (Lipinski definition) is 1. The second-order valence-corrected chi connectivity index (χ2v) is 3.98. The van der Waals surface area contributed by atoms with Crippen molar-refractivity contribution in [3.63, 3.8) is 0 Å². The second kappa shape index (κ2) is 3.46. The van der Waals surface area contributed by atoms with Crippen LogP contribution in [0.5, 0.6) is 0 Å². The second-order valence-electron chi connectivity index (χ2n) is 3.98. The topological polar surface area (TPSA) is 38.9 Å². The van der Waals surface area contributed by atoms with Crippen LogP contribution in [0.3, 0.4) is 0 Å². The molecule has 0 amide bonds. The Hall–Kier alpha value is -0.890. The van der Waals surface area contributed by atoms with Crippen molar-refractivity contribution < 1.29 is 0 Å². The molecule has 13 heavy (non-hydrogen) atoms. The summed E-state index contributed by atoms with van der Waals surface area (Å²) in [7, 11) is 0. The molecule has 0 saturated heterocycles.